The Bertz CT molecular complexity index is 380. The summed E-state index contributed by atoms with van der Waals surface area (Å²) >= 11 is 4.19. The molecule has 0 saturated carbocycles. The van der Waals surface area contributed by atoms with Gasteiger partial charge < -0.3 is 5.11 Å². The highest BCUT2D eigenvalue weighted by Crippen LogP contribution is 2.26. The maximum Gasteiger partial charge on any atom is 0.401 e. The van der Waals surface area contributed by atoms with E-state index >= 15 is 0 Å². The van der Waals surface area contributed by atoms with Gasteiger partial charge in [-0.05, 0) is 22.0 Å². The molecule has 90 valence electrons. The van der Waals surface area contributed by atoms with E-state index in [-0.39, 0.29) is 0 Å². The molecule has 1 rings (SSSR count). The first kappa shape index (κ1) is 13.5. The molecule has 0 aromatic carbocycles. The second-order valence-electron chi connectivity index (χ2n) is 2.93. The van der Waals surface area contributed by atoms with Gasteiger partial charge in [0.05, 0.1) is 6.54 Å². The lowest BCUT2D eigenvalue weighted by molar-refractivity contribution is -0.143. The van der Waals surface area contributed by atoms with Crippen molar-refractivity contribution in [3.63, 3.8) is 0 Å². The minimum atomic E-state index is -4.43. The molecule has 0 aliphatic heterocycles. The Morgan fingerprint density at radius 1 is 1.62 bits per heavy atom. The third-order valence-corrected chi connectivity index (χ3v) is 3.38. The number of alkyl halides is 3. The summed E-state index contributed by atoms with van der Waals surface area (Å²) in [5, 5.41) is 12.4. The van der Waals surface area contributed by atoms with Gasteiger partial charge in [0.25, 0.3) is 0 Å². The van der Waals surface area contributed by atoms with E-state index in [2.05, 4.69) is 15.9 Å². The van der Waals surface area contributed by atoms with Crippen molar-refractivity contribution in [2.24, 2.45) is 0 Å². The molecule has 8 heteroatoms. The van der Waals surface area contributed by atoms with Crippen LogP contribution in [0.1, 0.15) is 10.9 Å². The molecular weight excluding hydrogens is 311 g/mol. The predicted molar refractivity (Wildman–Crippen MR) is 56.5 cm³/mol. The molecule has 0 aliphatic rings. The van der Waals surface area contributed by atoms with Gasteiger partial charge in [0.15, 0.2) is 0 Å². The van der Waals surface area contributed by atoms with Crippen LogP contribution in [0.25, 0.3) is 0 Å². The fourth-order valence-corrected chi connectivity index (χ4v) is 2.52. The second-order valence-corrected chi connectivity index (χ2v) is 4.79. The van der Waals surface area contributed by atoms with Gasteiger partial charge in [-0.1, -0.05) is 0 Å². The van der Waals surface area contributed by atoms with Crippen molar-refractivity contribution in [3.8, 4) is 0 Å². The number of aliphatic carboxylic acids is 1. The number of hydrogen-bond donors (Lipinski definition) is 2. The summed E-state index contributed by atoms with van der Waals surface area (Å²) in [5.74, 6) is -1.33. The van der Waals surface area contributed by atoms with E-state index in [1.807, 2.05) is 5.32 Å². The molecule has 1 atom stereocenters. The van der Waals surface area contributed by atoms with Crippen molar-refractivity contribution < 1.29 is 23.1 Å². The van der Waals surface area contributed by atoms with Crippen LogP contribution in [-0.4, -0.2) is 23.8 Å². The third kappa shape index (κ3) is 4.11. The number of rotatable bonds is 4. The van der Waals surface area contributed by atoms with Gasteiger partial charge in [0, 0.05) is 14.7 Å². The fourth-order valence-electron chi connectivity index (χ4n) is 1.01. The maximum atomic E-state index is 11.9. The van der Waals surface area contributed by atoms with Crippen LogP contribution in [0, 0.1) is 0 Å². The first-order chi connectivity index (χ1) is 7.29. The highest BCUT2D eigenvalue weighted by molar-refractivity contribution is 9.10. The minimum absolute atomic E-state index is 0.323. The Labute approximate surface area is 101 Å². The number of carbonyl (C=O) groups is 1. The van der Waals surface area contributed by atoms with E-state index in [0.29, 0.717) is 9.35 Å². The van der Waals surface area contributed by atoms with Gasteiger partial charge in [0.2, 0.25) is 0 Å². The lowest BCUT2D eigenvalue weighted by Crippen LogP contribution is -2.35. The number of thiophene rings is 1. The van der Waals surface area contributed by atoms with E-state index in [4.69, 9.17) is 5.11 Å². The maximum absolute atomic E-state index is 11.9. The highest BCUT2D eigenvalue weighted by atomic mass is 79.9. The van der Waals surface area contributed by atoms with Crippen LogP contribution in [0.5, 0.6) is 0 Å². The smallest absolute Gasteiger partial charge is 0.401 e. The van der Waals surface area contributed by atoms with Crippen molar-refractivity contribution in [3.05, 3.63) is 20.8 Å². The standard InChI is InChI=1S/C8H7BrF3NO2S/c9-4-1-5(16-2-4)6(7(14)15)13-3-8(10,11)12/h1-2,6,13H,3H2,(H,14,15)/t6-/m0/s1. The zero-order chi connectivity index (χ0) is 12.3. The van der Waals surface area contributed by atoms with Gasteiger partial charge >= 0.3 is 12.1 Å². The molecule has 0 saturated heterocycles. The summed E-state index contributed by atoms with van der Waals surface area (Å²) in [6, 6.07) is 0.144. The summed E-state index contributed by atoms with van der Waals surface area (Å²) in [7, 11) is 0. The van der Waals surface area contributed by atoms with Gasteiger partial charge in [-0.15, -0.1) is 11.3 Å². The molecule has 0 amide bonds. The van der Waals surface area contributed by atoms with E-state index in [9.17, 15) is 18.0 Å². The van der Waals surface area contributed by atoms with Gasteiger partial charge in [0.1, 0.15) is 6.04 Å². The molecule has 0 unspecified atom stereocenters. The highest BCUT2D eigenvalue weighted by Gasteiger charge is 2.31. The Morgan fingerprint density at radius 3 is 2.62 bits per heavy atom. The van der Waals surface area contributed by atoms with Gasteiger partial charge in [-0.2, -0.15) is 13.2 Å². The summed E-state index contributed by atoms with van der Waals surface area (Å²) in [6.45, 7) is -1.33. The topological polar surface area (TPSA) is 49.3 Å². The molecule has 0 spiro atoms. The first-order valence-corrected chi connectivity index (χ1v) is 5.74. The average molecular weight is 318 g/mol. The Kier molecular flexibility index (Phi) is 4.34. The van der Waals surface area contributed by atoms with E-state index in [1.165, 1.54) is 6.07 Å². The molecular formula is C8H7BrF3NO2S. The molecule has 1 aromatic rings. The van der Waals surface area contributed by atoms with Crippen molar-refractivity contribution in [2.75, 3.05) is 6.54 Å². The minimum Gasteiger partial charge on any atom is -0.480 e. The van der Waals surface area contributed by atoms with Crippen molar-refractivity contribution in [2.45, 2.75) is 12.2 Å². The van der Waals surface area contributed by atoms with Gasteiger partial charge in [-0.25, -0.2) is 0 Å². The van der Waals surface area contributed by atoms with Crippen molar-refractivity contribution in [1.29, 1.82) is 0 Å². The lowest BCUT2D eigenvalue weighted by atomic mass is 10.2. The number of carboxylic acid groups (broad SMARTS) is 1. The van der Waals surface area contributed by atoms with Crippen molar-refractivity contribution >= 4 is 33.2 Å². The number of hydrogen-bond acceptors (Lipinski definition) is 3. The lowest BCUT2D eigenvalue weighted by Gasteiger charge is -2.14. The number of halogens is 4. The first-order valence-electron chi connectivity index (χ1n) is 4.06. The van der Waals surface area contributed by atoms with E-state index < -0.39 is 24.7 Å². The molecule has 0 aliphatic carbocycles. The summed E-state index contributed by atoms with van der Waals surface area (Å²) in [5.41, 5.74) is 0. The molecule has 0 radical (unpaired) electrons. The largest absolute Gasteiger partial charge is 0.480 e. The predicted octanol–water partition coefficient (Wildman–Crippen LogP) is 2.79. The fraction of sp³-hybridized carbons (Fsp3) is 0.375. The molecule has 1 aromatic heterocycles. The van der Waals surface area contributed by atoms with Crippen LogP contribution in [0.4, 0.5) is 13.2 Å². The molecule has 16 heavy (non-hydrogen) atoms. The zero-order valence-corrected chi connectivity index (χ0v) is 10.1. The zero-order valence-electron chi connectivity index (χ0n) is 7.71. The quantitative estimate of drug-likeness (QED) is 0.897. The van der Waals surface area contributed by atoms with Gasteiger partial charge in [-0.3, -0.25) is 10.1 Å². The summed E-state index contributed by atoms with van der Waals surface area (Å²) in [6.07, 6.45) is -4.43. The average Bonchev–Trinajstić information content (AvgIpc) is 2.49. The Balaban J connectivity index is 2.73. The van der Waals surface area contributed by atoms with Crippen LogP contribution in [-0.2, 0) is 4.79 Å². The number of nitrogens with one attached hydrogen (secondary N) is 1. The van der Waals surface area contributed by atoms with Crippen LogP contribution < -0.4 is 5.32 Å². The molecule has 0 bridgehead atoms. The normalized spacial score (nSPS) is 13.8. The molecule has 3 nitrogen and oxygen atoms in total. The summed E-state index contributed by atoms with van der Waals surface area (Å²) < 4.78 is 36.5. The SMILES string of the molecule is O=C(O)[C@@H](NCC(F)(F)F)c1cc(Br)cs1. The second kappa shape index (κ2) is 5.15. The molecule has 2 N–H and O–H groups in total. The van der Waals surface area contributed by atoms with Crippen molar-refractivity contribution in [1.82, 2.24) is 5.32 Å². The molecule has 0 fully saturated rings. The van der Waals surface area contributed by atoms with E-state index in [0.717, 1.165) is 11.3 Å². The van der Waals surface area contributed by atoms with Crippen LogP contribution in [0.3, 0.4) is 0 Å². The van der Waals surface area contributed by atoms with Crippen LogP contribution in [0.15, 0.2) is 15.9 Å². The Morgan fingerprint density at radius 2 is 2.25 bits per heavy atom. The van der Waals surface area contributed by atoms with Crippen LogP contribution in [0.2, 0.25) is 0 Å². The van der Waals surface area contributed by atoms with Crippen LogP contribution >= 0.6 is 27.3 Å². The molecule has 1 heterocycles. The van der Waals surface area contributed by atoms with E-state index in [1.54, 1.807) is 5.38 Å². The monoisotopic (exact) mass is 317 g/mol. The number of carboxylic acids is 1. The third-order valence-electron chi connectivity index (χ3n) is 1.63. The summed E-state index contributed by atoms with van der Waals surface area (Å²) in [4.78, 5) is 11.1. The Hall–Kier alpha value is -0.600.